The van der Waals surface area contributed by atoms with E-state index in [4.69, 9.17) is 4.74 Å². The average molecular weight is 266 g/mol. The molecule has 1 amide bonds. The fourth-order valence-corrected chi connectivity index (χ4v) is 0.980. The van der Waals surface area contributed by atoms with E-state index >= 15 is 0 Å². The topological polar surface area (TPSA) is 55.4 Å². The van der Waals surface area contributed by atoms with Gasteiger partial charge in [-0.2, -0.15) is 0 Å². The highest BCUT2D eigenvalue weighted by Gasteiger charge is 2.07. The number of halogens is 1. The predicted molar refractivity (Wildman–Crippen MR) is 57.3 cm³/mol. The van der Waals surface area contributed by atoms with Crippen LogP contribution in [0, 0.1) is 0 Å². The fraction of sp³-hybridized carbons (Fsp3) is 0.778. The van der Waals surface area contributed by atoms with Gasteiger partial charge in [-0.1, -0.05) is 15.9 Å². The molecule has 0 heterocycles. The Morgan fingerprint density at radius 2 is 2.14 bits per heavy atom. The summed E-state index contributed by atoms with van der Waals surface area (Å²) in [7, 11) is 0. The molecule has 1 N–H and O–H groups in total. The van der Waals surface area contributed by atoms with Crippen LogP contribution < -0.4 is 5.32 Å². The molecule has 1 atom stereocenters. The van der Waals surface area contributed by atoms with Crippen LogP contribution in [0.15, 0.2) is 0 Å². The normalized spacial score (nSPS) is 11.9. The van der Waals surface area contributed by atoms with Crippen molar-refractivity contribution >= 4 is 27.8 Å². The van der Waals surface area contributed by atoms with E-state index in [0.717, 1.165) is 0 Å². The van der Waals surface area contributed by atoms with Gasteiger partial charge in [0.05, 0.1) is 11.4 Å². The van der Waals surface area contributed by atoms with Crippen LogP contribution in [0.3, 0.4) is 0 Å². The molecule has 0 aliphatic heterocycles. The van der Waals surface area contributed by atoms with E-state index in [1.807, 2.05) is 0 Å². The van der Waals surface area contributed by atoms with Gasteiger partial charge < -0.3 is 10.1 Å². The molecule has 14 heavy (non-hydrogen) atoms. The average Bonchev–Trinajstić information content (AvgIpc) is 2.12. The van der Waals surface area contributed by atoms with E-state index < -0.39 is 0 Å². The van der Waals surface area contributed by atoms with Crippen LogP contribution in [0.5, 0.6) is 0 Å². The monoisotopic (exact) mass is 265 g/mol. The van der Waals surface area contributed by atoms with Crippen molar-refractivity contribution in [2.45, 2.75) is 31.5 Å². The summed E-state index contributed by atoms with van der Waals surface area (Å²) in [6, 6.07) is 0. The molecule has 0 aromatic rings. The molecule has 0 saturated heterocycles. The van der Waals surface area contributed by atoms with Gasteiger partial charge in [0.15, 0.2) is 0 Å². The van der Waals surface area contributed by atoms with E-state index in [1.165, 1.54) is 0 Å². The molecule has 0 aromatic heterocycles. The molecule has 0 bridgehead atoms. The zero-order valence-corrected chi connectivity index (χ0v) is 10.1. The van der Waals surface area contributed by atoms with E-state index in [0.29, 0.717) is 26.0 Å². The van der Waals surface area contributed by atoms with Gasteiger partial charge in [0.25, 0.3) is 0 Å². The second-order valence-electron chi connectivity index (χ2n) is 2.82. The number of rotatable bonds is 6. The van der Waals surface area contributed by atoms with E-state index in [9.17, 15) is 9.59 Å². The summed E-state index contributed by atoms with van der Waals surface area (Å²) in [6.45, 7) is 4.43. The molecular formula is C9H16BrNO3. The Morgan fingerprint density at radius 3 is 2.64 bits per heavy atom. The molecular weight excluding hydrogens is 250 g/mol. The zero-order chi connectivity index (χ0) is 11.0. The second-order valence-corrected chi connectivity index (χ2v) is 4.19. The van der Waals surface area contributed by atoms with Crippen molar-refractivity contribution in [1.29, 1.82) is 0 Å². The largest absolute Gasteiger partial charge is 0.466 e. The van der Waals surface area contributed by atoms with Crippen LogP contribution >= 0.6 is 15.9 Å². The highest BCUT2D eigenvalue weighted by atomic mass is 79.9. The van der Waals surface area contributed by atoms with Crippen molar-refractivity contribution in [3.63, 3.8) is 0 Å². The summed E-state index contributed by atoms with van der Waals surface area (Å²) >= 11 is 3.14. The molecule has 1 unspecified atom stereocenters. The first-order valence-corrected chi connectivity index (χ1v) is 5.57. The number of alkyl halides is 1. The van der Waals surface area contributed by atoms with Crippen molar-refractivity contribution in [2.24, 2.45) is 0 Å². The maximum atomic E-state index is 11.0. The lowest BCUT2D eigenvalue weighted by molar-refractivity contribution is -0.143. The molecule has 5 heteroatoms. The molecule has 0 aliphatic rings. The number of esters is 1. The summed E-state index contributed by atoms with van der Waals surface area (Å²) < 4.78 is 4.74. The van der Waals surface area contributed by atoms with Gasteiger partial charge >= 0.3 is 5.97 Å². The molecule has 0 aliphatic carbocycles. The number of carbonyl (C=O) groups excluding carboxylic acids is 2. The SMILES string of the molecule is CCOC(=O)CCCNC(=O)C(C)Br. The lowest BCUT2D eigenvalue weighted by Crippen LogP contribution is -2.30. The van der Waals surface area contributed by atoms with E-state index in [1.54, 1.807) is 13.8 Å². The highest BCUT2D eigenvalue weighted by Crippen LogP contribution is 1.97. The van der Waals surface area contributed by atoms with Crippen LogP contribution in [-0.2, 0) is 14.3 Å². The Balaban J connectivity index is 3.38. The maximum Gasteiger partial charge on any atom is 0.305 e. The summed E-state index contributed by atoms with van der Waals surface area (Å²) in [5, 5.41) is 2.69. The molecule has 0 radical (unpaired) electrons. The maximum absolute atomic E-state index is 11.0. The van der Waals surface area contributed by atoms with Crippen molar-refractivity contribution < 1.29 is 14.3 Å². The molecule has 0 saturated carbocycles. The molecule has 4 nitrogen and oxygen atoms in total. The first-order valence-electron chi connectivity index (χ1n) is 4.65. The lowest BCUT2D eigenvalue weighted by Gasteiger charge is -2.05. The summed E-state index contributed by atoms with van der Waals surface area (Å²) in [6.07, 6.45) is 0.967. The Morgan fingerprint density at radius 1 is 1.50 bits per heavy atom. The summed E-state index contributed by atoms with van der Waals surface area (Å²) in [4.78, 5) is 21.7. The number of hydrogen-bond donors (Lipinski definition) is 1. The Labute approximate surface area is 92.5 Å². The minimum atomic E-state index is -0.214. The van der Waals surface area contributed by atoms with Crippen molar-refractivity contribution in [3.8, 4) is 0 Å². The predicted octanol–water partition coefficient (Wildman–Crippen LogP) is 1.23. The van der Waals surface area contributed by atoms with Gasteiger partial charge in [-0.15, -0.1) is 0 Å². The van der Waals surface area contributed by atoms with E-state index in [-0.39, 0.29) is 16.7 Å². The molecule has 82 valence electrons. The van der Waals surface area contributed by atoms with Crippen molar-refractivity contribution in [1.82, 2.24) is 5.32 Å². The lowest BCUT2D eigenvalue weighted by atomic mass is 10.3. The minimum Gasteiger partial charge on any atom is -0.466 e. The summed E-state index contributed by atoms with van der Waals surface area (Å²) in [5.74, 6) is -0.275. The second kappa shape index (κ2) is 7.79. The standard InChI is InChI=1S/C9H16BrNO3/c1-3-14-8(12)5-4-6-11-9(13)7(2)10/h7H,3-6H2,1-2H3,(H,11,13). The van der Waals surface area contributed by atoms with Gasteiger partial charge in [0.1, 0.15) is 0 Å². The highest BCUT2D eigenvalue weighted by molar-refractivity contribution is 9.10. The van der Waals surface area contributed by atoms with Gasteiger partial charge in [0.2, 0.25) is 5.91 Å². The van der Waals surface area contributed by atoms with Gasteiger partial charge in [0, 0.05) is 13.0 Å². The minimum absolute atomic E-state index is 0.0612. The first kappa shape index (κ1) is 13.4. The fourth-order valence-electron chi connectivity index (χ4n) is 0.818. The van der Waals surface area contributed by atoms with Crippen molar-refractivity contribution in [2.75, 3.05) is 13.2 Å². The number of ether oxygens (including phenoxy) is 1. The van der Waals surface area contributed by atoms with Crippen LogP contribution in [0.4, 0.5) is 0 Å². The number of hydrogen-bond acceptors (Lipinski definition) is 3. The summed E-state index contributed by atoms with van der Waals surface area (Å²) in [5.41, 5.74) is 0. The molecule has 0 aromatic carbocycles. The Bertz CT molecular complexity index is 194. The van der Waals surface area contributed by atoms with Crippen LogP contribution in [0.1, 0.15) is 26.7 Å². The first-order chi connectivity index (χ1) is 6.57. The molecule has 0 rings (SSSR count). The van der Waals surface area contributed by atoms with Gasteiger partial charge in [-0.3, -0.25) is 9.59 Å². The number of nitrogens with one attached hydrogen (secondary N) is 1. The van der Waals surface area contributed by atoms with Gasteiger partial charge in [-0.25, -0.2) is 0 Å². The third-order valence-corrected chi connectivity index (χ3v) is 1.94. The Kier molecular flexibility index (Phi) is 7.47. The zero-order valence-electron chi connectivity index (χ0n) is 8.51. The number of carbonyl (C=O) groups is 2. The van der Waals surface area contributed by atoms with Crippen LogP contribution in [0.25, 0.3) is 0 Å². The smallest absolute Gasteiger partial charge is 0.305 e. The molecule has 0 fully saturated rings. The van der Waals surface area contributed by atoms with Crippen LogP contribution in [0.2, 0.25) is 0 Å². The Hall–Kier alpha value is -0.580. The number of amides is 1. The third-order valence-electron chi connectivity index (χ3n) is 1.52. The van der Waals surface area contributed by atoms with Crippen molar-refractivity contribution in [3.05, 3.63) is 0 Å². The van der Waals surface area contributed by atoms with Crippen LogP contribution in [-0.4, -0.2) is 29.9 Å². The molecule has 0 spiro atoms. The quantitative estimate of drug-likeness (QED) is 0.447. The third kappa shape index (κ3) is 6.88. The van der Waals surface area contributed by atoms with Gasteiger partial charge in [-0.05, 0) is 20.3 Å². The van der Waals surface area contributed by atoms with E-state index in [2.05, 4.69) is 21.2 Å².